The lowest BCUT2D eigenvalue weighted by Crippen LogP contribution is -2.09. The lowest BCUT2D eigenvalue weighted by molar-refractivity contribution is -0.137. The van der Waals surface area contributed by atoms with Crippen LogP contribution in [0.25, 0.3) is 0 Å². The molecule has 0 spiro atoms. The van der Waals surface area contributed by atoms with Crippen LogP contribution in [0.15, 0.2) is 12.2 Å². The quantitative estimate of drug-likeness (QED) is 0.631. The van der Waals surface area contributed by atoms with Crippen LogP contribution in [0.2, 0.25) is 0 Å². The summed E-state index contributed by atoms with van der Waals surface area (Å²) in [7, 11) is 0. The highest BCUT2D eigenvalue weighted by atomic mass is 16.4. The van der Waals surface area contributed by atoms with Crippen LogP contribution in [0.5, 0.6) is 0 Å². The lowest BCUT2D eigenvalue weighted by atomic mass is 9.92. The molecule has 1 aliphatic carbocycles. The summed E-state index contributed by atoms with van der Waals surface area (Å²) in [6.07, 6.45) is 8.29. The van der Waals surface area contributed by atoms with Crippen LogP contribution in [-0.2, 0) is 4.79 Å². The number of carboxylic acid groups (broad SMARTS) is 1. The van der Waals surface area contributed by atoms with Crippen molar-refractivity contribution in [1.82, 2.24) is 0 Å². The molecule has 10 heavy (non-hydrogen) atoms. The maximum Gasteiger partial charge on any atom is 0.303 e. The van der Waals surface area contributed by atoms with Gasteiger partial charge in [0.2, 0.25) is 0 Å². The lowest BCUT2D eigenvalue weighted by Gasteiger charge is -2.13. The molecule has 55 valence electrons. The predicted octanol–water partition coefficient (Wildman–Crippen LogP) is 1.63. The molecule has 2 nitrogen and oxygen atoms in total. The van der Waals surface area contributed by atoms with Gasteiger partial charge in [0.05, 0.1) is 0 Å². The zero-order valence-electron chi connectivity index (χ0n) is 5.79. The number of carboxylic acids is 1. The van der Waals surface area contributed by atoms with Crippen molar-refractivity contribution in [3.63, 3.8) is 0 Å². The zero-order chi connectivity index (χ0) is 7.40. The minimum absolute atomic E-state index is 0.266. The van der Waals surface area contributed by atoms with Crippen molar-refractivity contribution in [2.45, 2.75) is 19.3 Å². The average Bonchev–Trinajstić information content (AvgIpc) is 1.88. The highest BCUT2D eigenvalue weighted by Crippen LogP contribution is 2.19. The third kappa shape index (κ3) is 2.21. The summed E-state index contributed by atoms with van der Waals surface area (Å²) >= 11 is 0. The highest BCUT2D eigenvalue weighted by Gasteiger charge is 2.12. The Morgan fingerprint density at radius 2 is 2.50 bits per heavy atom. The Labute approximate surface area is 60.6 Å². The van der Waals surface area contributed by atoms with Crippen LogP contribution in [0, 0.1) is 12.3 Å². The molecule has 0 heterocycles. The Morgan fingerprint density at radius 1 is 1.70 bits per heavy atom. The van der Waals surface area contributed by atoms with Crippen molar-refractivity contribution in [2.24, 2.45) is 5.92 Å². The topological polar surface area (TPSA) is 37.3 Å². The second kappa shape index (κ2) is 3.40. The maximum absolute atomic E-state index is 10.2. The van der Waals surface area contributed by atoms with E-state index in [-0.39, 0.29) is 12.3 Å². The summed E-state index contributed by atoms with van der Waals surface area (Å²) in [5, 5.41) is 8.42. The molecule has 0 saturated heterocycles. The van der Waals surface area contributed by atoms with Gasteiger partial charge in [0.15, 0.2) is 0 Å². The molecule has 0 aromatic rings. The summed E-state index contributed by atoms with van der Waals surface area (Å²) in [5.74, 6) is -0.431. The van der Waals surface area contributed by atoms with Crippen LogP contribution in [-0.4, -0.2) is 11.1 Å². The summed E-state index contributed by atoms with van der Waals surface area (Å²) in [6.45, 7) is 0. The van der Waals surface area contributed by atoms with Crippen molar-refractivity contribution in [3.05, 3.63) is 18.6 Å². The van der Waals surface area contributed by atoms with Crippen LogP contribution in [0.3, 0.4) is 0 Å². The number of carbonyl (C=O) groups is 1. The van der Waals surface area contributed by atoms with E-state index in [9.17, 15) is 4.79 Å². The second-order valence-corrected chi connectivity index (χ2v) is 2.56. The van der Waals surface area contributed by atoms with E-state index in [1.807, 2.05) is 12.5 Å². The monoisotopic (exact) mass is 139 g/mol. The number of hydrogen-bond acceptors (Lipinski definition) is 1. The number of hydrogen-bond donors (Lipinski definition) is 1. The molecule has 0 fully saturated rings. The zero-order valence-corrected chi connectivity index (χ0v) is 5.79. The molecule has 1 rings (SSSR count). The Bertz CT molecular complexity index is 149. The van der Waals surface area contributed by atoms with Gasteiger partial charge in [0.25, 0.3) is 0 Å². The fourth-order valence-corrected chi connectivity index (χ4v) is 1.13. The standard InChI is InChI=1S/C8H11O2/c9-8(10)6-7-4-2-1-3-5-7/h1-2,4,7H,3,5-6H2,(H,9,10). The van der Waals surface area contributed by atoms with Crippen molar-refractivity contribution < 1.29 is 9.90 Å². The molecular weight excluding hydrogens is 128 g/mol. The Kier molecular flexibility index (Phi) is 2.49. The van der Waals surface area contributed by atoms with Crippen molar-refractivity contribution in [1.29, 1.82) is 0 Å². The van der Waals surface area contributed by atoms with Crippen LogP contribution in [0.1, 0.15) is 19.3 Å². The van der Waals surface area contributed by atoms with E-state index in [2.05, 4.69) is 6.08 Å². The number of aliphatic carboxylic acids is 1. The Balaban J connectivity index is 2.28. The van der Waals surface area contributed by atoms with Gasteiger partial charge >= 0.3 is 5.97 Å². The third-order valence-electron chi connectivity index (χ3n) is 1.66. The molecule has 0 aromatic carbocycles. The molecule has 1 atom stereocenters. The first-order chi connectivity index (χ1) is 4.79. The summed E-state index contributed by atoms with van der Waals surface area (Å²) in [6, 6.07) is 0. The normalized spacial score (nSPS) is 24.6. The average molecular weight is 139 g/mol. The smallest absolute Gasteiger partial charge is 0.303 e. The van der Waals surface area contributed by atoms with E-state index >= 15 is 0 Å². The van der Waals surface area contributed by atoms with Gasteiger partial charge < -0.3 is 5.11 Å². The van der Waals surface area contributed by atoms with Crippen molar-refractivity contribution >= 4 is 5.97 Å². The number of allylic oxidation sites excluding steroid dienone is 2. The van der Waals surface area contributed by atoms with Gasteiger partial charge in [-0.3, -0.25) is 4.79 Å². The molecule has 1 aliphatic rings. The largest absolute Gasteiger partial charge is 0.481 e. The van der Waals surface area contributed by atoms with Crippen LogP contribution in [0.4, 0.5) is 0 Å². The Hall–Kier alpha value is -0.790. The van der Waals surface area contributed by atoms with Gasteiger partial charge in [-0.1, -0.05) is 12.2 Å². The SMILES string of the molecule is O=C(O)CC1[CH]C=CCC1. The molecule has 0 aliphatic heterocycles. The minimum Gasteiger partial charge on any atom is -0.481 e. The first-order valence-corrected chi connectivity index (χ1v) is 3.51. The van der Waals surface area contributed by atoms with Gasteiger partial charge in [-0.25, -0.2) is 0 Å². The van der Waals surface area contributed by atoms with Crippen LogP contribution >= 0.6 is 0 Å². The molecule has 0 amide bonds. The van der Waals surface area contributed by atoms with Crippen molar-refractivity contribution in [2.75, 3.05) is 0 Å². The van der Waals surface area contributed by atoms with E-state index in [0.29, 0.717) is 0 Å². The molecule has 0 bridgehead atoms. The molecule has 2 heteroatoms. The van der Waals surface area contributed by atoms with Gasteiger partial charge in [0.1, 0.15) is 0 Å². The van der Waals surface area contributed by atoms with Gasteiger partial charge in [-0.15, -0.1) is 0 Å². The first-order valence-electron chi connectivity index (χ1n) is 3.51. The fraction of sp³-hybridized carbons (Fsp3) is 0.500. The Morgan fingerprint density at radius 3 is 3.00 bits per heavy atom. The summed E-state index contributed by atoms with van der Waals surface area (Å²) < 4.78 is 0. The molecule has 0 aromatic heterocycles. The van der Waals surface area contributed by atoms with Crippen molar-refractivity contribution in [3.8, 4) is 0 Å². The van der Waals surface area contributed by atoms with E-state index in [4.69, 9.17) is 5.11 Å². The second-order valence-electron chi connectivity index (χ2n) is 2.56. The van der Waals surface area contributed by atoms with E-state index in [0.717, 1.165) is 12.8 Å². The summed E-state index contributed by atoms with van der Waals surface area (Å²) in [4.78, 5) is 10.2. The van der Waals surface area contributed by atoms with E-state index < -0.39 is 5.97 Å². The third-order valence-corrected chi connectivity index (χ3v) is 1.66. The fourth-order valence-electron chi connectivity index (χ4n) is 1.13. The van der Waals surface area contributed by atoms with Gasteiger partial charge in [-0.05, 0) is 25.2 Å². The van der Waals surface area contributed by atoms with E-state index in [1.54, 1.807) is 0 Å². The molecular formula is C8H11O2. The minimum atomic E-state index is -0.698. The van der Waals surface area contributed by atoms with Gasteiger partial charge in [-0.2, -0.15) is 0 Å². The summed E-state index contributed by atoms with van der Waals surface area (Å²) in [5.41, 5.74) is 0. The van der Waals surface area contributed by atoms with Gasteiger partial charge in [0, 0.05) is 6.42 Å². The predicted molar refractivity (Wildman–Crippen MR) is 38.4 cm³/mol. The van der Waals surface area contributed by atoms with Crippen LogP contribution < -0.4 is 0 Å². The molecule has 1 radical (unpaired) electrons. The molecule has 1 N–H and O–H groups in total. The molecule has 1 unspecified atom stereocenters. The van der Waals surface area contributed by atoms with E-state index in [1.165, 1.54) is 0 Å². The highest BCUT2D eigenvalue weighted by molar-refractivity contribution is 5.67. The maximum atomic E-state index is 10.2. The molecule has 0 saturated carbocycles. The number of rotatable bonds is 2. The first kappa shape index (κ1) is 7.32.